The van der Waals surface area contributed by atoms with Crippen molar-refractivity contribution in [1.82, 2.24) is 15.5 Å². The smallest absolute Gasteiger partial charge is 0.248 e. The zero-order valence-electron chi connectivity index (χ0n) is 13.7. The van der Waals surface area contributed by atoms with Crippen molar-refractivity contribution in [2.24, 2.45) is 11.8 Å². The number of nitrogen functional groups attached to an aromatic ring is 1. The number of halogens is 3. The molecule has 0 spiro atoms. The van der Waals surface area contributed by atoms with Crippen LogP contribution >= 0.6 is 11.6 Å². The maximum Gasteiger partial charge on any atom is 0.248 e. The van der Waals surface area contributed by atoms with Crippen molar-refractivity contribution in [3.05, 3.63) is 16.8 Å². The van der Waals surface area contributed by atoms with Crippen molar-refractivity contribution in [3.8, 4) is 0 Å². The average molecular weight is 375 g/mol. The van der Waals surface area contributed by atoms with Crippen LogP contribution in [0.2, 0.25) is 5.15 Å². The number of carbonyl (C=O) groups excluding carboxylic acids is 1. The molecule has 1 saturated heterocycles. The van der Waals surface area contributed by atoms with E-state index in [1.165, 1.54) is 0 Å². The Labute approximate surface area is 149 Å². The molecule has 9 heteroatoms. The van der Waals surface area contributed by atoms with Gasteiger partial charge in [0.05, 0.1) is 6.04 Å². The Bertz CT molecular complexity index is 633. The van der Waals surface area contributed by atoms with Crippen LogP contribution in [0.1, 0.15) is 43.7 Å². The summed E-state index contributed by atoms with van der Waals surface area (Å²) in [6.07, 6.45) is 1.14. The van der Waals surface area contributed by atoms with E-state index in [9.17, 15) is 13.6 Å². The van der Waals surface area contributed by atoms with Crippen LogP contribution < -0.4 is 11.1 Å². The summed E-state index contributed by atoms with van der Waals surface area (Å²) in [7, 11) is 0. The van der Waals surface area contributed by atoms with Crippen molar-refractivity contribution >= 4 is 23.3 Å². The SMILES string of the molecule is Nc1cc(C(NC(=O)CC2CC(F)(F)C2)C2CCOCC2)c(Cl)nn1. The maximum absolute atomic E-state index is 13.0. The third-order valence-corrected chi connectivity index (χ3v) is 5.13. The second kappa shape index (κ2) is 7.37. The lowest BCUT2D eigenvalue weighted by Gasteiger charge is -2.36. The van der Waals surface area contributed by atoms with E-state index in [4.69, 9.17) is 22.1 Å². The molecule has 1 aliphatic heterocycles. The fraction of sp³-hybridized carbons (Fsp3) is 0.688. The highest BCUT2D eigenvalue weighted by Gasteiger charge is 2.46. The first kappa shape index (κ1) is 18.3. The first-order valence-corrected chi connectivity index (χ1v) is 8.75. The number of hydrogen-bond donors (Lipinski definition) is 2. The molecule has 6 nitrogen and oxygen atoms in total. The van der Waals surface area contributed by atoms with Crippen LogP contribution in [0.15, 0.2) is 6.07 Å². The molecule has 1 unspecified atom stereocenters. The highest BCUT2D eigenvalue weighted by Crippen LogP contribution is 2.44. The predicted octanol–water partition coefficient (Wildman–Crippen LogP) is 2.73. The molecule has 25 heavy (non-hydrogen) atoms. The van der Waals surface area contributed by atoms with Crippen molar-refractivity contribution in [2.75, 3.05) is 18.9 Å². The summed E-state index contributed by atoms with van der Waals surface area (Å²) in [5, 5.41) is 10.7. The molecule has 3 N–H and O–H groups in total. The molecule has 0 radical (unpaired) electrons. The Hall–Kier alpha value is -1.54. The molecule has 138 valence electrons. The molecule has 1 atom stereocenters. The van der Waals surface area contributed by atoms with E-state index in [0.29, 0.717) is 18.8 Å². The first-order chi connectivity index (χ1) is 11.8. The fourth-order valence-corrected chi connectivity index (χ4v) is 3.76. The summed E-state index contributed by atoms with van der Waals surface area (Å²) in [6.45, 7) is 1.19. The average Bonchev–Trinajstić information content (AvgIpc) is 2.54. The van der Waals surface area contributed by atoms with Gasteiger partial charge in [0.25, 0.3) is 0 Å². The molecule has 3 rings (SSSR count). The number of nitrogens with two attached hydrogens (primary N) is 1. The maximum atomic E-state index is 13.0. The van der Waals surface area contributed by atoms with Crippen molar-refractivity contribution < 1.29 is 18.3 Å². The van der Waals surface area contributed by atoms with E-state index < -0.39 is 5.92 Å². The van der Waals surface area contributed by atoms with Crippen LogP contribution in [0.4, 0.5) is 14.6 Å². The second-order valence-corrected chi connectivity index (χ2v) is 7.20. The lowest BCUT2D eigenvalue weighted by Crippen LogP contribution is -2.41. The molecule has 2 aliphatic rings. The number of rotatable bonds is 5. The number of alkyl halides is 2. The van der Waals surface area contributed by atoms with Crippen LogP contribution in [0.3, 0.4) is 0 Å². The van der Waals surface area contributed by atoms with E-state index in [1.807, 2.05) is 0 Å². The van der Waals surface area contributed by atoms with Gasteiger partial charge in [0, 0.05) is 38.0 Å². The summed E-state index contributed by atoms with van der Waals surface area (Å²) in [4.78, 5) is 12.4. The van der Waals surface area contributed by atoms with Gasteiger partial charge < -0.3 is 15.8 Å². The summed E-state index contributed by atoms with van der Waals surface area (Å²) >= 11 is 6.16. The Morgan fingerprint density at radius 3 is 2.72 bits per heavy atom. The van der Waals surface area contributed by atoms with Crippen LogP contribution in [0, 0.1) is 11.8 Å². The Kier molecular flexibility index (Phi) is 5.38. The van der Waals surface area contributed by atoms with Crippen LogP contribution in [-0.4, -0.2) is 35.2 Å². The highest BCUT2D eigenvalue weighted by molar-refractivity contribution is 6.30. The van der Waals surface area contributed by atoms with E-state index in [-0.39, 0.29) is 54.0 Å². The molecule has 1 aromatic rings. The molecule has 0 bridgehead atoms. The zero-order chi connectivity index (χ0) is 18.0. The molecule has 1 saturated carbocycles. The highest BCUT2D eigenvalue weighted by atomic mass is 35.5. The van der Waals surface area contributed by atoms with E-state index in [0.717, 1.165) is 12.8 Å². The normalized spacial score (nSPS) is 22.2. The number of nitrogens with one attached hydrogen (secondary N) is 1. The van der Waals surface area contributed by atoms with Gasteiger partial charge in [-0.25, -0.2) is 8.78 Å². The van der Waals surface area contributed by atoms with Gasteiger partial charge in [-0.1, -0.05) is 11.6 Å². The minimum absolute atomic E-state index is 0.0842. The van der Waals surface area contributed by atoms with Crippen molar-refractivity contribution in [2.45, 2.75) is 44.1 Å². The van der Waals surface area contributed by atoms with Crippen LogP contribution in [0.5, 0.6) is 0 Å². The summed E-state index contributed by atoms with van der Waals surface area (Å²) in [5.74, 6) is -2.84. The lowest BCUT2D eigenvalue weighted by molar-refractivity contribution is -0.134. The molecular formula is C16H21ClF2N4O2. The summed E-state index contributed by atoms with van der Waals surface area (Å²) in [5.41, 5.74) is 6.32. The Morgan fingerprint density at radius 1 is 1.40 bits per heavy atom. The number of ether oxygens (including phenoxy) is 1. The van der Waals surface area contributed by atoms with Gasteiger partial charge in [-0.3, -0.25) is 4.79 Å². The number of aromatic nitrogens is 2. The van der Waals surface area contributed by atoms with Gasteiger partial charge in [0.15, 0.2) is 5.15 Å². The monoisotopic (exact) mass is 374 g/mol. The molecule has 1 aromatic heterocycles. The van der Waals surface area contributed by atoms with Gasteiger partial charge >= 0.3 is 0 Å². The van der Waals surface area contributed by atoms with Crippen LogP contribution in [0.25, 0.3) is 0 Å². The van der Waals surface area contributed by atoms with E-state index in [1.54, 1.807) is 6.07 Å². The number of hydrogen-bond acceptors (Lipinski definition) is 5. The van der Waals surface area contributed by atoms with Gasteiger partial charge in [0.1, 0.15) is 5.82 Å². The van der Waals surface area contributed by atoms with E-state index >= 15 is 0 Å². The third-order valence-electron chi connectivity index (χ3n) is 4.83. The Balaban J connectivity index is 1.72. The molecule has 1 amide bonds. The molecule has 2 fully saturated rings. The number of amides is 1. The molecule has 1 aliphatic carbocycles. The summed E-state index contributed by atoms with van der Waals surface area (Å²) < 4.78 is 31.3. The van der Waals surface area contributed by atoms with E-state index in [2.05, 4.69) is 15.5 Å². The topological polar surface area (TPSA) is 90.1 Å². The minimum atomic E-state index is -2.63. The van der Waals surface area contributed by atoms with Crippen molar-refractivity contribution in [1.29, 1.82) is 0 Å². The second-order valence-electron chi connectivity index (χ2n) is 6.84. The standard InChI is InChI=1S/C16H21ClF2N4O2/c17-15-11(6-12(20)22-23-15)14(10-1-3-25-4-2-10)21-13(24)5-9-7-16(18,19)8-9/h6,9-10,14H,1-5,7-8H2,(H2,20,22)(H,21,24). The fourth-order valence-electron chi connectivity index (χ4n) is 3.55. The van der Waals surface area contributed by atoms with Gasteiger partial charge in [-0.2, -0.15) is 0 Å². The van der Waals surface area contributed by atoms with Crippen LogP contribution in [-0.2, 0) is 9.53 Å². The van der Waals surface area contributed by atoms with Gasteiger partial charge in [-0.05, 0) is 30.7 Å². The predicted molar refractivity (Wildman–Crippen MR) is 88.2 cm³/mol. The molecular weight excluding hydrogens is 354 g/mol. The third kappa shape index (κ3) is 4.55. The number of nitrogens with zero attached hydrogens (tertiary/aromatic N) is 2. The lowest BCUT2D eigenvalue weighted by atomic mass is 9.79. The van der Waals surface area contributed by atoms with Crippen molar-refractivity contribution in [3.63, 3.8) is 0 Å². The Morgan fingerprint density at radius 2 is 2.08 bits per heavy atom. The minimum Gasteiger partial charge on any atom is -0.382 e. The number of carbonyl (C=O) groups is 1. The van der Waals surface area contributed by atoms with Gasteiger partial charge in [-0.15, -0.1) is 10.2 Å². The quantitative estimate of drug-likeness (QED) is 0.827. The largest absolute Gasteiger partial charge is 0.382 e. The summed E-state index contributed by atoms with van der Waals surface area (Å²) in [6, 6.07) is 1.22. The molecule has 0 aromatic carbocycles. The van der Waals surface area contributed by atoms with Gasteiger partial charge in [0.2, 0.25) is 11.8 Å². The number of anilines is 1. The zero-order valence-corrected chi connectivity index (χ0v) is 14.4. The first-order valence-electron chi connectivity index (χ1n) is 8.37. The molecule has 2 heterocycles.